The van der Waals surface area contributed by atoms with Gasteiger partial charge in [0, 0.05) is 31.2 Å². The van der Waals surface area contributed by atoms with Gasteiger partial charge in [-0.15, -0.1) is 0 Å². The van der Waals surface area contributed by atoms with Crippen molar-refractivity contribution in [3.63, 3.8) is 0 Å². The molecule has 5 heteroatoms. The summed E-state index contributed by atoms with van der Waals surface area (Å²) in [6, 6.07) is 0.554. The largest absolute Gasteiger partial charge is 0.311 e. The summed E-state index contributed by atoms with van der Waals surface area (Å²) >= 11 is 0. The molecule has 0 spiro atoms. The first-order valence-corrected chi connectivity index (χ1v) is 8.34. The van der Waals surface area contributed by atoms with Gasteiger partial charge >= 0.3 is 0 Å². The summed E-state index contributed by atoms with van der Waals surface area (Å²) < 4.78 is 2.09. The highest BCUT2D eigenvalue weighted by Gasteiger charge is 2.47. The predicted molar refractivity (Wildman–Crippen MR) is 83.9 cm³/mol. The summed E-state index contributed by atoms with van der Waals surface area (Å²) in [7, 11) is 0. The van der Waals surface area contributed by atoms with E-state index in [0.29, 0.717) is 12.0 Å². The quantitative estimate of drug-likeness (QED) is 0.900. The van der Waals surface area contributed by atoms with Gasteiger partial charge in [0.05, 0.1) is 6.54 Å². The van der Waals surface area contributed by atoms with Crippen LogP contribution in [-0.4, -0.2) is 44.3 Å². The average Bonchev–Trinajstić information content (AvgIpc) is 3.19. The molecule has 2 fully saturated rings. The molecule has 1 aliphatic heterocycles. The zero-order valence-corrected chi connectivity index (χ0v) is 13.8. The molecule has 2 heterocycles. The summed E-state index contributed by atoms with van der Waals surface area (Å²) in [6.45, 7) is 13.2. The van der Waals surface area contributed by atoms with Crippen LogP contribution in [0.3, 0.4) is 0 Å². The van der Waals surface area contributed by atoms with Gasteiger partial charge in [-0.2, -0.15) is 5.10 Å². The molecule has 5 nitrogen and oxygen atoms in total. The Morgan fingerprint density at radius 2 is 2.19 bits per heavy atom. The van der Waals surface area contributed by atoms with E-state index in [4.69, 9.17) is 0 Å². The Balaban J connectivity index is 1.76. The molecular formula is C16H29N5. The van der Waals surface area contributed by atoms with E-state index >= 15 is 0 Å². The summed E-state index contributed by atoms with van der Waals surface area (Å²) in [5, 5.41) is 8.08. The van der Waals surface area contributed by atoms with E-state index in [9.17, 15) is 0 Å². The highest BCUT2D eigenvalue weighted by molar-refractivity contribution is 5.05. The SMILES string of the molecule is CC(C)Cn1ncnc1CN1CC(C)NCC1(C)C1CC1. The van der Waals surface area contributed by atoms with Gasteiger partial charge in [0.25, 0.3) is 0 Å². The van der Waals surface area contributed by atoms with Crippen LogP contribution in [0.4, 0.5) is 0 Å². The molecule has 1 aromatic rings. The number of aromatic nitrogens is 3. The fourth-order valence-electron chi connectivity index (χ4n) is 3.53. The standard InChI is InChI=1S/C16H29N5/c1-12(2)7-21-15(18-11-19-21)9-20-8-13(3)17-10-16(20,4)14-5-6-14/h11-14,17H,5-10H2,1-4H3. The van der Waals surface area contributed by atoms with Crippen LogP contribution in [0.1, 0.15) is 46.4 Å². The van der Waals surface area contributed by atoms with Crippen LogP contribution in [0.2, 0.25) is 0 Å². The fraction of sp³-hybridized carbons (Fsp3) is 0.875. The van der Waals surface area contributed by atoms with Crippen molar-refractivity contribution >= 4 is 0 Å². The van der Waals surface area contributed by atoms with Gasteiger partial charge in [0.1, 0.15) is 12.2 Å². The number of piperazine rings is 1. The minimum atomic E-state index is 0.279. The molecule has 0 bridgehead atoms. The van der Waals surface area contributed by atoms with E-state index in [1.54, 1.807) is 6.33 Å². The highest BCUT2D eigenvalue weighted by Crippen LogP contribution is 2.44. The lowest BCUT2D eigenvalue weighted by Gasteiger charge is -2.48. The maximum Gasteiger partial charge on any atom is 0.141 e. The molecule has 1 N–H and O–H groups in total. The third-order valence-electron chi connectivity index (χ3n) is 5.05. The maximum atomic E-state index is 4.52. The van der Waals surface area contributed by atoms with Crippen LogP contribution < -0.4 is 5.32 Å². The first kappa shape index (κ1) is 15.0. The third kappa shape index (κ3) is 3.14. The molecule has 0 amide bonds. The van der Waals surface area contributed by atoms with Gasteiger partial charge in [-0.1, -0.05) is 13.8 Å². The van der Waals surface area contributed by atoms with Crippen LogP contribution in [0, 0.1) is 11.8 Å². The van der Waals surface area contributed by atoms with E-state index in [1.807, 2.05) is 0 Å². The van der Waals surface area contributed by atoms with Crippen molar-refractivity contribution in [3.05, 3.63) is 12.2 Å². The molecule has 2 unspecified atom stereocenters. The van der Waals surface area contributed by atoms with Crippen LogP contribution >= 0.6 is 0 Å². The Kier molecular flexibility index (Phi) is 4.06. The normalized spacial score (nSPS) is 31.0. The summed E-state index contributed by atoms with van der Waals surface area (Å²) in [5.74, 6) is 2.56. The second-order valence-electron chi connectivity index (χ2n) is 7.55. The van der Waals surface area contributed by atoms with Crippen LogP contribution in [0.15, 0.2) is 6.33 Å². The number of hydrogen-bond acceptors (Lipinski definition) is 4. The van der Waals surface area contributed by atoms with E-state index < -0.39 is 0 Å². The van der Waals surface area contributed by atoms with Crippen molar-refractivity contribution in [2.75, 3.05) is 13.1 Å². The number of nitrogens with one attached hydrogen (secondary N) is 1. The number of rotatable bonds is 5. The Morgan fingerprint density at radius 1 is 1.43 bits per heavy atom. The number of nitrogens with zero attached hydrogens (tertiary/aromatic N) is 4. The Labute approximate surface area is 128 Å². The van der Waals surface area contributed by atoms with Gasteiger partial charge in [0.15, 0.2) is 0 Å². The van der Waals surface area contributed by atoms with E-state index in [-0.39, 0.29) is 5.54 Å². The second-order valence-corrected chi connectivity index (χ2v) is 7.55. The molecule has 0 radical (unpaired) electrons. The zero-order valence-electron chi connectivity index (χ0n) is 13.8. The minimum Gasteiger partial charge on any atom is -0.311 e. The van der Waals surface area contributed by atoms with Gasteiger partial charge < -0.3 is 5.32 Å². The Hall–Kier alpha value is -0.940. The van der Waals surface area contributed by atoms with Crippen molar-refractivity contribution in [1.82, 2.24) is 25.0 Å². The number of hydrogen-bond donors (Lipinski definition) is 1. The van der Waals surface area contributed by atoms with Crippen molar-refractivity contribution in [2.24, 2.45) is 11.8 Å². The lowest BCUT2D eigenvalue weighted by Crippen LogP contribution is -2.63. The van der Waals surface area contributed by atoms with E-state index in [1.165, 1.54) is 12.8 Å². The van der Waals surface area contributed by atoms with Crippen LogP contribution in [0.5, 0.6) is 0 Å². The van der Waals surface area contributed by atoms with Crippen molar-refractivity contribution in [2.45, 2.75) is 65.2 Å². The molecule has 3 rings (SSSR count). The Morgan fingerprint density at radius 3 is 2.86 bits per heavy atom. The summed E-state index contributed by atoms with van der Waals surface area (Å²) in [6.07, 6.45) is 4.46. The van der Waals surface area contributed by atoms with Gasteiger partial charge in [-0.05, 0) is 38.5 Å². The molecule has 1 aromatic heterocycles. The average molecular weight is 291 g/mol. The van der Waals surface area contributed by atoms with Gasteiger partial charge in [0.2, 0.25) is 0 Å². The molecule has 118 valence electrons. The third-order valence-corrected chi connectivity index (χ3v) is 5.05. The Bertz CT molecular complexity index is 479. The minimum absolute atomic E-state index is 0.279. The first-order valence-electron chi connectivity index (χ1n) is 8.34. The lowest BCUT2D eigenvalue weighted by atomic mass is 9.89. The molecule has 21 heavy (non-hydrogen) atoms. The van der Waals surface area contributed by atoms with Crippen molar-refractivity contribution < 1.29 is 0 Å². The van der Waals surface area contributed by atoms with Gasteiger partial charge in [-0.3, -0.25) is 4.90 Å². The molecular weight excluding hydrogens is 262 g/mol. The van der Waals surface area contributed by atoms with E-state index in [0.717, 1.165) is 37.9 Å². The topological polar surface area (TPSA) is 46.0 Å². The molecule has 2 aliphatic rings. The monoisotopic (exact) mass is 291 g/mol. The van der Waals surface area contributed by atoms with Crippen LogP contribution in [0.25, 0.3) is 0 Å². The molecule has 1 saturated heterocycles. The molecule has 1 aliphatic carbocycles. The zero-order chi connectivity index (χ0) is 15.0. The second kappa shape index (κ2) is 5.69. The van der Waals surface area contributed by atoms with E-state index in [2.05, 4.69) is 52.7 Å². The fourth-order valence-corrected chi connectivity index (χ4v) is 3.53. The lowest BCUT2D eigenvalue weighted by molar-refractivity contribution is 0.0277. The van der Waals surface area contributed by atoms with Crippen molar-refractivity contribution in [1.29, 1.82) is 0 Å². The predicted octanol–water partition coefficient (Wildman–Crippen LogP) is 1.90. The smallest absolute Gasteiger partial charge is 0.141 e. The van der Waals surface area contributed by atoms with Crippen molar-refractivity contribution in [3.8, 4) is 0 Å². The molecule has 2 atom stereocenters. The van der Waals surface area contributed by atoms with Gasteiger partial charge in [-0.25, -0.2) is 9.67 Å². The first-order chi connectivity index (χ1) is 9.99. The molecule has 0 aromatic carbocycles. The summed E-state index contributed by atoms with van der Waals surface area (Å²) in [5.41, 5.74) is 0.279. The highest BCUT2D eigenvalue weighted by atomic mass is 15.4. The summed E-state index contributed by atoms with van der Waals surface area (Å²) in [4.78, 5) is 7.17. The maximum absolute atomic E-state index is 4.52. The molecule has 1 saturated carbocycles. The van der Waals surface area contributed by atoms with Crippen LogP contribution in [-0.2, 0) is 13.1 Å².